The fraction of sp³-hybridized carbons (Fsp3) is 0.714. The number of halogens is 1. The maximum absolute atomic E-state index is 13.8. The quantitative estimate of drug-likeness (QED) is 0.864. The standard InChI is InChI=1S/C14H21FN6OS/c1-8(2)13-18-14(23-20-13)16-5-11-4-10(15)6-21(11)7-12-17-9(3)22-19-12/h8,10-11H,4-7H2,1-3H3,(H,16,18,20)/t10-,11-/m0/s1. The second-order valence-corrected chi connectivity index (χ2v) is 6.89. The number of nitrogens with one attached hydrogen (secondary N) is 1. The van der Waals surface area contributed by atoms with Crippen molar-refractivity contribution in [2.24, 2.45) is 0 Å². The summed E-state index contributed by atoms with van der Waals surface area (Å²) < 4.78 is 23.1. The summed E-state index contributed by atoms with van der Waals surface area (Å²) in [4.78, 5) is 10.7. The topological polar surface area (TPSA) is 80.0 Å². The van der Waals surface area contributed by atoms with Gasteiger partial charge >= 0.3 is 0 Å². The van der Waals surface area contributed by atoms with Gasteiger partial charge in [-0.05, 0) is 6.42 Å². The molecule has 23 heavy (non-hydrogen) atoms. The van der Waals surface area contributed by atoms with Crippen molar-refractivity contribution in [2.45, 2.75) is 51.9 Å². The molecule has 1 fully saturated rings. The molecule has 1 aliphatic rings. The van der Waals surface area contributed by atoms with Gasteiger partial charge in [0.25, 0.3) is 0 Å². The minimum atomic E-state index is -0.824. The number of alkyl halides is 1. The fourth-order valence-electron chi connectivity index (χ4n) is 2.66. The van der Waals surface area contributed by atoms with Gasteiger partial charge in [0.2, 0.25) is 11.0 Å². The molecule has 7 nitrogen and oxygen atoms in total. The summed E-state index contributed by atoms with van der Waals surface area (Å²) in [5.74, 6) is 2.27. The maximum Gasteiger partial charge on any atom is 0.223 e. The van der Waals surface area contributed by atoms with Crippen LogP contribution >= 0.6 is 11.5 Å². The molecule has 1 saturated heterocycles. The second-order valence-electron chi connectivity index (χ2n) is 6.14. The summed E-state index contributed by atoms with van der Waals surface area (Å²) in [6, 6.07) is 0.0789. The Balaban J connectivity index is 1.58. The van der Waals surface area contributed by atoms with E-state index < -0.39 is 6.17 Å². The van der Waals surface area contributed by atoms with E-state index in [0.29, 0.717) is 43.7 Å². The van der Waals surface area contributed by atoms with E-state index in [2.05, 4.69) is 38.7 Å². The maximum atomic E-state index is 13.8. The van der Waals surface area contributed by atoms with Crippen molar-refractivity contribution in [3.05, 3.63) is 17.5 Å². The van der Waals surface area contributed by atoms with Gasteiger partial charge in [-0.2, -0.15) is 9.36 Å². The predicted molar refractivity (Wildman–Crippen MR) is 85.2 cm³/mol. The van der Waals surface area contributed by atoms with E-state index >= 15 is 0 Å². The van der Waals surface area contributed by atoms with Crippen LogP contribution in [0, 0.1) is 6.92 Å². The van der Waals surface area contributed by atoms with E-state index in [1.54, 1.807) is 6.92 Å². The number of rotatable bonds is 6. The molecule has 9 heteroatoms. The molecule has 3 heterocycles. The molecule has 0 unspecified atom stereocenters. The number of aryl methyl sites for hydroxylation is 1. The fourth-order valence-corrected chi connectivity index (χ4v) is 3.38. The number of hydrogen-bond acceptors (Lipinski definition) is 8. The smallest absolute Gasteiger partial charge is 0.223 e. The third-order valence-corrected chi connectivity index (χ3v) is 4.52. The molecule has 0 radical (unpaired) electrons. The Morgan fingerprint density at radius 3 is 2.91 bits per heavy atom. The van der Waals surface area contributed by atoms with Crippen molar-refractivity contribution >= 4 is 16.7 Å². The first-order valence-electron chi connectivity index (χ1n) is 7.76. The van der Waals surface area contributed by atoms with Crippen molar-refractivity contribution in [2.75, 3.05) is 18.4 Å². The van der Waals surface area contributed by atoms with Crippen molar-refractivity contribution in [1.29, 1.82) is 0 Å². The Labute approximate surface area is 138 Å². The van der Waals surface area contributed by atoms with Gasteiger partial charge < -0.3 is 9.84 Å². The van der Waals surface area contributed by atoms with Gasteiger partial charge in [0.05, 0.1) is 6.54 Å². The van der Waals surface area contributed by atoms with Gasteiger partial charge in [0, 0.05) is 43.5 Å². The number of nitrogens with zero attached hydrogens (tertiary/aromatic N) is 5. The lowest BCUT2D eigenvalue weighted by molar-refractivity contribution is 0.232. The molecule has 2 aromatic heterocycles. The SMILES string of the molecule is Cc1nc(CN2C[C@@H](F)C[C@H]2CNc2nc(C(C)C)ns2)no1. The number of aromatic nitrogens is 4. The largest absolute Gasteiger partial charge is 0.359 e. The molecular formula is C14H21FN6OS. The molecule has 126 valence electrons. The molecule has 0 spiro atoms. The lowest BCUT2D eigenvalue weighted by atomic mass is 10.2. The monoisotopic (exact) mass is 340 g/mol. The molecule has 2 aromatic rings. The minimum Gasteiger partial charge on any atom is -0.359 e. The van der Waals surface area contributed by atoms with E-state index in [1.807, 2.05) is 4.90 Å². The van der Waals surface area contributed by atoms with Crippen LogP contribution in [0.15, 0.2) is 4.52 Å². The van der Waals surface area contributed by atoms with Crippen molar-refractivity contribution in [1.82, 2.24) is 24.4 Å². The van der Waals surface area contributed by atoms with E-state index in [4.69, 9.17) is 4.52 Å². The summed E-state index contributed by atoms with van der Waals surface area (Å²) in [6.07, 6.45) is -0.324. The second kappa shape index (κ2) is 6.88. The van der Waals surface area contributed by atoms with Crippen LogP contribution in [0.3, 0.4) is 0 Å². The third-order valence-electron chi connectivity index (χ3n) is 3.84. The summed E-state index contributed by atoms with van der Waals surface area (Å²) in [5, 5.41) is 7.95. The van der Waals surface area contributed by atoms with Gasteiger partial charge in [0.15, 0.2) is 5.82 Å². The van der Waals surface area contributed by atoms with Gasteiger partial charge in [-0.3, -0.25) is 4.90 Å². The average molecular weight is 340 g/mol. The van der Waals surface area contributed by atoms with E-state index in [1.165, 1.54) is 11.5 Å². The van der Waals surface area contributed by atoms with Gasteiger partial charge in [0.1, 0.15) is 12.0 Å². The van der Waals surface area contributed by atoms with Crippen molar-refractivity contribution in [3.63, 3.8) is 0 Å². The number of anilines is 1. The number of hydrogen-bond donors (Lipinski definition) is 1. The lowest BCUT2D eigenvalue weighted by Gasteiger charge is -2.22. The van der Waals surface area contributed by atoms with Crippen LogP contribution in [0.1, 0.15) is 43.7 Å². The molecular weight excluding hydrogens is 319 g/mol. The number of likely N-dealkylation sites (tertiary alicyclic amines) is 1. The summed E-state index contributed by atoms with van der Waals surface area (Å²) in [5.41, 5.74) is 0. The lowest BCUT2D eigenvalue weighted by Crippen LogP contribution is -2.34. The van der Waals surface area contributed by atoms with Crippen LogP contribution in [-0.4, -0.2) is 49.7 Å². The Morgan fingerprint density at radius 2 is 2.26 bits per heavy atom. The Morgan fingerprint density at radius 1 is 1.43 bits per heavy atom. The normalized spacial score (nSPS) is 22.1. The van der Waals surface area contributed by atoms with Crippen molar-refractivity contribution < 1.29 is 8.91 Å². The molecule has 0 aromatic carbocycles. The zero-order valence-corrected chi connectivity index (χ0v) is 14.3. The Bertz CT molecular complexity index is 645. The molecule has 0 saturated carbocycles. The summed E-state index contributed by atoms with van der Waals surface area (Å²) in [6.45, 7) is 7.39. The molecule has 0 bridgehead atoms. The Kier molecular flexibility index (Phi) is 4.86. The predicted octanol–water partition coefficient (Wildman–Crippen LogP) is 2.38. The van der Waals surface area contributed by atoms with E-state index in [9.17, 15) is 4.39 Å². The van der Waals surface area contributed by atoms with Crippen LogP contribution in [0.2, 0.25) is 0 Å². The third kappa shape index (κ3) is 4.03. The highest BCUT2D eigenvalue weighted by atomic mass is 32.1. The summed E-state index contributed by atoms with van der Waals surface area (Å²) in [7, 11) is 0. The minimum absolute atomic E-state index is 0.0789. The van der Waals surface area contributed by atoms with Gasteiger partial charge in [-0.25, -0.2) is 9.37 Å². The van der Waals surface area contributed by atoms with Crippen LogP contribution in [0.5, 0.6) is 0 Å². The first kappa shape index (κ1) is 16.3. The van der Waals surface area contributed by atoms with Crippen LogP contribution in [-0.2, 0) is 6.54 Å². The van der Waals surface area contributed by atoms with Crippen LogP contribution in [0.4, 0.5) is 9.52 Å². The van der Waals surface area contributed by atoms with Crippen molar-refractivity contribution in [3.8, 4) is 0 Å². The molecule has 1 N–H and O–H groups in total. The van der Waals surface area contributed by atoms with E-state index in [0.717, 1.165) is 11.0 Å². The first-order valence-corrected chi connectivity index (χ1v) is 8.53. The molecule has 1 aliphatic heterocycles. The van der Waals surface area contributed by atoms with Gasteiger partial charge in [-0.15, -0.1) is 0 Å². The zero-order chi connectivity index (χ0) is 16.4. The summed E-state index contributed by atoms with van der Waals surface area (Å²) >= 11 is 1.35. The first-order chi connectivity index (χ1) is 11.0. The van der Waals surface area contributed by atoms with Gasteiger partial charge in [-0.1, -0.05) is 19.0 Å². The zero-order valence-electron chi connectivity index (χ0n) is 13.5. The average Bonchev–Trinajstić information content (AvgIpc) is 3.18. The Hall–Kier alpha value is -1.61. The van der Waals surface area contributed by atoms with Crippen LogP contribution in [0.25, 0.3) is 0 Å². The molecule has 0 aliphatic carbocycles. The highest BCUT2D eigenvalue weighted by Crippen LogP contribution is 2.23. The van der Waals surface area contributed by atoms with Crippen LogP contribution < -0.4 is 5.32 Å². The highest BCUT2D eigenvalue weighted by Gasteiger charge is 2.32. The van der Waals surface area contributed by atoms with E-state index in [-0.39, 0.29) is 6.04 Å². The molecule has 3 rings (SSSR count). The molecule has 2 atom stereocenters. The highest BCUT2D eigenvalue weighted by molar-refractivity contribution is 7.09. The molecule has 0 amide bonds.